The molecule has 0 amide bonds. The topological polar surface area (TPSA) is 16.1 Å². The molecule has 0 spiro atoms. The number of hydrogen-bond donors (Lipinski definition) is 0. The third-order valence-electron chi connectivity index (χ3n) is 3.26. The van der Waals surface area contributed by atoms with Gasteiger partial charge in [0, 0.05) is 24.1 Å². The van der Waals surface area contributed by atoms with E-state index in [1.807, 2.05) is 12.3 Å². The van der Waals surface area contributed by atoms with E-state index in [-0.39, 0.29) is 0 Å². The lowest BCUT2D eigenvalue weighted by molar-refractivity contribution is 0.231. The summed E-state index contributed by atoms with van der Waals surface area (Å²) in [6, 6.07) is 6.96. The molecule has 1 atom stereocenters. The fraction of sp³-hybridized carbons (Fsp3) is 0.615. The molecule has 1 aromatic rings. The molecule has 1 unspecified atom stereocenters. The van der Waals surface area contributed by atoms with Crippen molar-refractivity contribution in [2.75, 3.05) is 11.9 Å². The maximum Gasteiger partial charge on any atom is 0.0544 e. The summed E-state index contributed by atoms with van der Waals surface area (Å²) in [6.45, 7) is 2.26. The lowest BCUT2D eigenvalue weighted by atomic mass is 10.1. The van der Waals surface area contributed by atoms with E-state index in [0.717, 1.165) is 17.9 Å². The van der Waals surface area contributed by atoms with Gasteiger partial charge in [-0.15, -0.1) is 0 Å². The summed E-state index contributed by atoms with van der Waals surface area (Å²) in [5, 5.41) is 1.13. The van der Waals surface area contributed by atoms with Crippen LogP contribution in [0.15, 0.2) is 24.4 Å². The number of nitrogens with zero attached hydrogens (tertiary/aromatic N) is 2. The van der Waals surface area contributed by atoms with Crippen LogP contribution in [-0.4, -0.2) is 27.8 Å². The number of likely N-dealkylation sites (tertiary alicyclic amines) is 1. The lowest BCUT2D eigenvalue weighted by Gasteiger charge is -2.23. The van der Waals surface area contributed by atoms with Crippen molar-refractivity contribution < 1.29 is 0 Å². The maximum absolute atomic E-state index is 4.41. The standard InChI is InChI=1S/C13H19BrN2/c14-8-3-6-13-7-4-10-16(13)11-12-5-1-2-9-15-12/h1-2,5,9,13H,3-4,6-8,10-11H2. The van der Waals surface area contributed by atoms with Crippen LogP contribution in [0.2, 0.25) is 0 Å². The summed E-state index contributed by atoms with van der Waals surface area (Å²) in [5.74, 6) is 0. The second-order valence-electron chi connectivity index (χ2n) is 4.42. The molecule has 88 valence electrons. The van der Waals surface area contributed by atoms with Gasteiger partial charge < -0.3 is 0 Å². The van der Waals surface area contributed by atoms with Crippen molar-refractivity contribution in [2.24, 2.45) is 0 Å². The number of alkyl halides is 1. The number of halogens is 1. The largest absolute Gasteiger partial charge is 0.295 e. The fourth-order valence-electron chi connectivity index (χ4n) is 2.44. The van der Waals surface area contributed by atoms with Gasteiger partial charge in [-0.3, -0.25) is 9.88 Å². The molecule has 3 heteroatoms. The van der Waals surface area contributed by atoms with E-state index in [1.165, 1.54) is 37.9 Å². The summed E-state index contributed by atoms with van der Waals surface area (Å²) in [5.41, 5.74) is 1.20. The highest BCUT2D eigenvalue weighted by atomic mass is 79.9. The number of aromatic nitrogens is 1. The number of hydrogen-bond acceptors (Lipinski definition) is 2. The first kappa shape index (κ1) is 12.1. The van der Waals surface area contributed by atoms with Crippen molar-refractivity contribution in [2.45, 2.75) is 38.3 Å². The Hall–Kier alpha value is -0.410. The van der Waals surface area contributed by atoms with Gasteiger partial charge in [-0.05, 0) is 44.4 Å². The normalized spacial score (nSPS) is 21.4. The Bertz CT molecular complexity index is 302. The summed E-state index contributed by atoms with van der Waals surface area (Å²) in [6.07, 6.45) is 7.19. The smallest absolute Gasteiger partial charge is 0.0544 e. The van der Waals surface area contributed by atoms with Gasteiger partial charge >= 0.3 is 0 Å². The second kappa shape index (κ2) is 6.36. The van der Waals surface area contributed by atoms with Crippen LogP contribution in [0.4, 0.5) is 0 Å². The van der Waals surface area contributed by atoms with Crippen LogP contribution in [0.3, 0.4) is 0 Å². The molecular weight excluding hydrogens is 264 g/mol. The van der Waals surface area contributed by atoms with Crippen LogP contribution in [0.25, 0.3) is 0 Å². The molecule has 0 aromatic carbocycles. The zero-order valence-electron chi connectivity index (χ0n) is 9.61. The molecule has 1 saturated heterocycles. The first-order valence-electron chi connectivity index (χ1n) is 6.10. The van der Waals surface area contributed by atoms with Gasteiger partial charge in [-0.2, -0.15) is 0 Å². The molecule has 1 fully saturated rings. The summed E-state index contributed by atoms with van der Waals surface area (Å²) in [4.78, 5) is 6.99. The Kier molecular flexibility index (Phi) is 4.79. The SMILES string of the molecule is BrCCCC1CCCN1Cc1ccccn1. The molecule has 1 aromatic heterocycles. The number of pyridine rings is 1. The molecule has 0 saturated carbocycles. The van der Waals surface area contributed by atoms with E-state index in [1.54, 1.807) is 0 Å². The highest BCUT2D eigenvalue weighted by Gasteiger charge is 2.23. The van der Waals surface area contributed by atoms with Gasteiger partial charge in [0.05, 0.1) is 5.69 Å². The highest BCUT2D eigenvalue weighted by molar-refractivity contribution is 9.09. The number of rotatable bonds is 5. The second-order valence-corrected chi connectivity index (χ2v) is 5.21. The van der Waals surface area contributed by atoms with Crippen LogP contribution in [0, 0.1) is 0 Å². The van der Waals surface area contributed by atoms with Crippen molar-refractivity contribution in [1.82, 2.24) is 9.88 Å². The molecule has 2 rings (SSSR count). The van der Waals surface area contributed by atoms with Gasteiger partial charge in [-0.1, -0.05) is 22.0 Å². The fourth-order valence-corrected chi connectivity index (χ4v) is 2.77. The highest BCUT2D eigenvalue weighted by Crippen LogP contribution is 2.23. The monoisotopic (exact) mass is 282 g/mol. The third-order valence-corrected chi connectivity index (χ3v) is 3.82. The minimum Gasteiger partial charge on any atom is -0.295 e. The lowest BCUT2D eigenvalue weighted by Crippen LogP contribution is -2.29. The molecule has 2 nitrogen and oxygen atoms in total. The van der Waals surface area contributed by atoms with Crippen LogP contribution in [0.1, 0.15) is 31.4 Å². The van der Waals surface area contributed by atoms with Crippen molar-refractivity contribution in [3.63, 3.8) is 0 Å². The Labute approximate surface area is 106 Å². The minimum absolute atomic E-state index is 0.777. The van der Waals surface area contributed by atoms with Gasteiger partial charge in [-0.25, -0.2) is 0 Å². The van der Waals surface area contributed by atoms with Gasteiger partial charge in [0.1, 0.15) is 0 Å². The van der Waals surface area contributed by atoms with Crippen LogP contribution in [0.5, 0.6) is 0 Å². The van der Waals surface area contributed by atoms with E-state index < -0.39 is 0 Å². The van der Waals surface area contributed by atoms with E-state index >= 15 is 0 Å². The molecule has 0 radical (unpaired) electrons. The molecule has 16 heavy (non-hydrogen) atoms. The van der Waals surface area contributed by atoms with Crippen molar-refractivity contribution in [3.05, 3.63) is 30.1 Å². The van der Waals surface area contributed by atoms with E-state index in [4.69, 9.17) is 0 Å². The van der Waals surface area contributed by atoms with Crippen molar-refractivity contribution in [1.29, 1.82) is 0 Å². The summed E-state index contributed by atoms with van der Waals surface area (Å²) >= 11 is 3.51. The zero-order chi connectivity index (χ0) is 11.2. The molecular formula is C13H19BrN2. The Morgan fingerprint density at radius 3 is 3.12 bits per heavy atom. The average molecular weight is 283 g/mol. The molecule has 0 aliphatic carbocycles. The van der Waals surface area contributed by atoms with Gasteiger partial charge in [0.15, 0.2) is 0 Å². The maximum atomic E-state index is 4.41. The Morgan fingerprint density at radius 2 is 2.38 bits per heavy atom. The third kappa shape index (κ3) is 3.29. The quantitative estimate of drug-likeness (QED) is 0.771. The average Bonchev–Trinajstić information content (AvgIpc) is 2.75. The predicted octanol–water partition coefficient (Wildman–Crippen LogP) is 3.22. The van der Waals surface area contributed by atoms with Crippen LogP contribution in [-0.2, 0) is 6.54 Å². The van der Waals surface area contributed by atoms with Gasteiger partial charge in [0.25, 0.3) is 0 Å². The zero-order valence-corrected chi connectivity index (χ0v) is 11.2. The van der Waals surface area contributed by atoms with E-state index in [9.17, 15) is 0 Å². The van der Waals surface area contributed by atoms with Gasteiger partial charge in [0.2, 0.25) is 0 Å². The molecule has 1 aliphatic rings. The van der Waals surface area contributed by atoms with Crippen LogP contribution >= 0.6 is 15.9 Å². The first-order chi connectivity index (χ1) is 7.90. The van der Waals surface area contributed by atoms with E-state index in [0.29, 0.717) is 0 Å². The molecule has 0 bridgehead atoms. The summed E-state index contributed by atoms with van der Waals surface area (Å²) in [7, 11) is 0. The summed E-state index contributed by atoms with van der Waals surface area (Å²) < 4.78 is 0. The molecule has 2 heterocycles. The Balaban J connectivity index is 1.88. The van der Waals surface area contributed by atoms with E-state index in [2.05, 4.69) is 37.9 Å². The predicted molar refractivity (Wildman–Crippen MR) is 70.7 cm³/mol. The van der Waals surface area contributed by atoms with Crippen molar-refractivity contribution in [3.8, 4) is 0 Å². The Morgan fingerprint density at radius 1 is 1.44 bits per heavy atom. The van der Waals surface area contributed by atoms with Crippen LogP contribution < -0.4 is 0 Å². The first-order valence-corrected chi connectivity index (χ1v) is 7.22. The van der Waals surface area contributed by atoms with Crippen molar-refractivity contribution >= 4 is 15.9 Å². The minimum atomic E-state index is 0.777. The molecule has 1 aliphatic heterocycles. The molecule has 0 N–H and O–H groups in total.